The van der Waals surface area contributed by atoms with Crippen molar-refractivity contribution in [1.29, 1.82) is 0 Å². The topological polar surface area (TPSA) is 87.7 Å². The van der Waals surface area contributed by atoms with Gasteiger partial charge in [-0.25, -0.2) is 5.48 Å². The third-order valence-corrected chi connectivity index (χ3v) is 5.58. The highest BCUT2D eigenvalue weighted by Gasteiger charge is 2.20. The van der Waals surface area contributed by atoms with Crippen molar-refractivity contribution in [2.45, 2.75) is 44.6 Å². The van der Waals surface area contributed by atoms with Gasteiger partial charge in [0, 0.05) is 11.6 Å². The van der Waals surface area contributed by atoms with E-state index in [1.54, 1.807) is 41.9 Å². The first-order valence-corrected chi connectivity index (χ1v) is 10.8. The summed E-state index contributed by atoms with van der Waals surface area (Å²) in [5.74, 6) is 0.496. The predicted molar refractivity (Wildman–Crippen MR) is 120 cm³/mol. The maximum atomic E-state index is 12.5. The van der Waals surface area contributed by atoms with Crippen molar-refractivity contribution < 1.29 is 19.5 Å². The van der Waals surface area contributed by atoms with E-state index in [4.69, 9.17) is 9.94 Å². The van der Waals surface area contributed by atoms with E-state index in [2.05, 4.69) is 5.32 Å². The fourth-order valence-electron chi connectivity index (χ4n) is 3.94. The van der Waals surface area contributed by atoms with E-state index in [1.807, 2.05) is 30.3 Å². The number of benzene rings is 2. The molecule has 1 saturated carbocycles. The fraction of sp³-hybridized carbons (Fsp3) is 0.360. The molecule has 31 heavy (non-hydrogen) atoms. The number of hydrogen-bond acceptors (Lipinski definition) is 4. The SMILES string of the molecule is O=C(/C=C/c1ccccc1)N[C@@H](COc1ccc(C(=O)NO)cc1)CC1CCCCC1. The molecule has 2 amide bonds. The number of carbonyl (C=O) groups is 2. The summed E-state index contributed by atoms with van der Waals surface area (Å²) >= 11 is 0. The standard InChI is InChI=1S/C25H30N2O4/c28-24(16-11-19-7-3-1-4-8-19)26-22(17-20-9-5-2-6-10-20)18-31-23-14-12-21(13-15-23)25(29)27-30/h1,3-4,7-8,11-16,20,22,30H,2,5-6,9-10,17-18H2,(H,26,28)(H,27,29)/b16-11+/t22-/m1/s1. The maximum Gasteiger partial charge on any atom is 0.274 e. The lowest BCUT2D eigenvalue weighted by Gasteiger charge is -2.27. The highest BCUT2D eigenvalue weighted by molar-refractivity contribution is 5.93. The normalized spacial score (nSPS) is 15.4. The van der Waals surface area contributed by atoms with Crippen LogP contribution in [0, 0.1) is 5.92 Å². The minimum absolute atomic E-state index is 0.101. The first-order chi connectivity index (χ1) is 15.1. The van der Waals surface area contributed by atoms with Gasteiger partial charge in [0.05, 0.1) is 6.04 Å². The lowest BCUT2D eigenvalue weighted by atomic mass is 9.85. The average molecular weight is 423 g/mol. The Morgan fingerprint density at radius 1 is 1.03 bits per heavy atom. The van der Waals surface area contributed by atoms with Gasteiger partial charge in [-0.2, -0.15) is 0 Å². The van der Waals surface area contributed by atoms with Crippen molar-refractivity contribution in [3.63, 3.8) is 0 Å². The molecule has 0 unspecified atom stereocenters. The zero-order chi connectivity index (χ0) is 21.9. The van der Waals surface area contributed by atoms with Crippen LogP contribution in [0.25, 0.3) is 6.08 Å². The van der Waals surface area contributed by atoms with Gasteiger partial charge < -0.3 is 10.1 Å². The van der Waals surface area contributed by atoms with Gasteiger partial charge in [-0.05, 0) is 48.2 Å². The number of hydroxylamine groups is 1. The first-order valence-electron chi connectivity index (χ1n) is 10.8. The van der Waals surface area contributed by atoms with Gasteiger partial charge in [-0.3, -0.25) is 14.8 Å². The average Bonchev–Trinajstić information content (AvgIpc) is 2.82. The number of ether oxygens (including phenoxy) is 1. The molecular formula is C25H30N2O4. The minimum Gasteiger partial charge on any atom is -0.491 e. The summed E-state index contributed by atoms with van der Waals surface area (Å²) in [5, 5.41) is 11.8. The minimum atomic E-state index is -0.570. The van der Waals surface area contributed by atoms with Crippen LogP contribution < -0.4 is 15.5 Å². The zero-order valence-electron chi connectivity index (χ0n) is 17.6. The fourth-order valence-corrected chi connectivity index (χ4v) is 3.94. The second-order valence-corrected chi connectivity index (χ2v) is 7.97. The molecule has 0 bridgehead atoms. The van der Waals surface area contributed by atoms with Crippen LogP contribution >= 0.6 is 0 Å². The van der Waals surface area contributed by atoms with Gasteiger partial charge in [0.2, 0.25) is 5.91 Å². The number of nitrogens with one attached hydrogen (secondary N) is 2. The van der Waals surface area contributed by atoms with Crippen molar-refractivity contribution in [3.05, 3.63) is 71.8 Å². The molecule has 6 nitrogen and oxygen atoms in total. The molecule has 1 atom stereocenters. The Labute approximate surface area is 183 Å². The van der Waals surface area contributed by atoms with Crippen LogP contribution in [0.3, 0.4) is 0 Å². The summed E-state index contributed by atoms with van der Waals surface area (Å²) in [6, 6.07) is 16.1. The van der Waals surface area contributed by atoms with Crippen molar-refractivity contribution >= 4 is 17.9 Å². The lowest BCUT2D eigenvalue weighted by molar-refractivity contribution is -0.117. The Kier molecular flexibility index (Phi) is 8.67. The summed E-state index contributed by atoms with van der Waals surface area (Å²) in [4.78, 5) is 24.0. The van der Waals surface area contributed by atoms with Crippen molar-refractivity contribution in [2.24, 2.45) is 5.92 Å². The molecule has 2 aromatic carbocycles. The highest BCUT2D eigenvalue weighted by atomic mass is 16.5. The van der Waals surface area contributed by atoms with Crippen LogP contribution in [0.15, 0.2) is 60.7 Å². The molecule has 164 valence electrons. The van der Waals surface area contributed by atoms with Gasteiger partial charge in [0.1, 0.15) is 12.4 Å². The van der Waals surface area contributed by atoms with Crippen LogP contribution in [0.4, 0.5) is 0 Å². The molecule has 6 heteroatoms. The maximum absolute atomic E-state index is 12.5. The quantitative estimate of drug-likeness (QED) is 0.318. The lowest BCUT2D eigenvalue weighted by Crippen LogP contribution is -2.40. The molecule has 1 aliphatic carbocycles. The van der Waals surface area contributed by atoms with Gasteiger partial charge >= 0.3 is 0 Å². The van der Waals surface area contributed by atoms with E-state index in [9.17, 15) is 9.59 Å². The smallest absolute Gasteiger partial charge is 0.274 e. The number of carbonyl (C=O) groups excluding carboxylic acids is 2. The highest BCUT2D eigenvalue weighted by Crippen LogP contribution is 2.27. The summed E-state index contributed by atoms with van der Waals surface area (Å²) in [6.45, 7) is 0.354. The molecule has 1 fully saturated rings. The molecule has 0 saturated heterocycles. The molecule has 1 aliphatic rings. The van der Waals surface area contributed by atoms with Crippen molar-refractivity contribution in [1.82, 2.24) is 10.8 Å². The Balaban J connectivity index is 1.59. The van der Waals surface area contributed by atoms with E-state index >= 15 is 0 Å². The van der Waals surface area contributed by atoms with Crippen LogP contribution in [0.1, 0.15) is 54.4 Å². The Morgan fingerprint density at radius 2 is 1.74 bits per heavy atom. The predicted octanol–water partition coefficient (Wildman–Crippen LogP) is 4.35. The van der Waals surface area contributed by atoms with Crippen LogP contribution in [0.2, 0.25) is 0 Å². The molecule has 3 rings (SSSR count). The molecule has 3 N–H and O–H groups in total. The van der Waals surface area contributed by atoms with Gasteiger partial charge in [-0.15, -0.1) is 0 Å². The van der Waals surface area contributed by atoms with Crippen molar-refractivity contribution in [3.8, 4) is 5.75 Å². The molecular weight excluding hydrogens is 392 g/mol. The van der Waals surface area contributed by atoms with Crippen LogP contribution in [-0.4, -0.2) is 29.7 Å². The molecule has 2 aromatic rings. The van der Waals surface area contributed by atoms with Gasteiger partial charge in [-0.1, -0.05) is 62.4 Å². The van der Waals surface area contributed by atoms with Gasteiger partial charge in [0.15, 0.2) is 0 Å². The number of hydrogen-bond donors (Lipinski definition) is 3. The van der Waals surface area contributed by atoms with E-state index in [-0.39, 0.29) is 11.9 Å². The van der Waals surface area contributed by atoms with Crippen LogP contribution in [0.5, 0.6) is 5.75 Å². The summed E-state index contributed by atoms with van der Waals surface area (Å²) in [7, 11) is 0. The largest absolute Gasteiger partial charge is 0.491 e. The Morgan fingerprint density at radius 3 is 2.42 bits per heavy atom. The molecule has 0 spiro atoms. The molecule has 0 radical (unpaired) electrons. The monoisotopic (exact) mass is 422 g/mol. The third kappa shape index (κ3) is 7.57. The Bertz CT molecular complexity index is 859. The Hall–Kier alpha value is -3.12. The van der Waals surface area contributed by atoms with E-state index in [0.29, 0.717) is 23.8 Å². The molecule has 0 aliphatic heterocycles. The summed E-state index contributed by atoms with van der Waals surface area (Å²) < 4.78 is 5.91. The van der Waals surface area contributed by atoms with Crippen LogP contribution in [-0.2, 0) is 4.79 Å². The zero-order valence-corrected chi connectivity index (χ0v) is 17.6. The third-order valence-electron chi connectivity index (χ3n) is 5.58. The second kappa shape index (κ2) is 11.9. The van der Waals surface area contributed by atoms with Crippen molar-refractivity contribution in [2.75, 3.05) is 6.61 Å². The number of amides is 2. The first kappa shape index (κ1) is 22.6. The number of rotatable bonds is 9. The summed E-state index contributed by atoms with van der Waals surface area (Å²) in [6.07, 6.45) is 10.4. The van der Waals surface area contributed by atoms with E-state index in [0.717, 1.165) is 12.0 Å². The molecule has 0 heterocycles. The second-order valence-electron chi connectivity index (χ2n) is 7.97. The molecule has 0 aromatic heterocycles. The van der Waals surface area contributed by atoms with E-state index < -0.39 is 5.91 Å². The summed E-state index contributed by atoms with van der Waals surface area (Å²) in [5.41, 5.74) is 2.93. The van der Waals surface area contributed by atoms with E-state index in [1.165, 1.54) is 32.1 Å². The van der Waals surface area contributed by atoms with Gasteiger partial charge in [0.25, 0.3) is 5.91 Å².